The molecule has 0 N–H and O–H groups in total. The van der Waals surface area contributed by atoms with E-state index in [9.17, 15) is 21.6 Å². The third kappa shape index (κ3) is 9.02. The highest BCUT2D eigenvalue weighted by molar-refractivity contribution is 7.86. The van der Waals surface area contributed by atoms with Crippen LogP contribution >= 0.6 is 0 Å². The fraction of sp³-hybridized carbons (Fsp3) is 0.148. The average molecular weight is 543 g/mol. The van der Waals surface area contributed by atoms with Crippen LogP contribution in [-0.4, -0.2) is 41.7 Å². The largest absolute Gasteiger partial charge is 0.383 e. The van der Waals surface area contributed by atoms with Gasteiger partial charge in [0.2, 0.25) is 0 Å². The molecule has 0 spiro atoms. The number of hydrogen-bond donors (Lipinski definition) is 0. The first-order valence-corrected chi connectivity index (χ1v) is 14.6. The quantitative estimate of drug-likeness (QED) is 0.188. The van der Waals surface area contributed by atoms with Crippen molar-refractivity contribution in [1.29, 1.82) is 0 Å². The smallest absolute Gasteiger partial charge is 0.306 e. The van der Waals surface area contributed by atoms with Gasteiger partial charge in [0.1, 0.15) is 12.4 Å². The number of carbonyl (C=O) groups is 1. The summed E-state index contributed by atoms with van der Waals surface area (Å²) in [5.74, 6) is -0.192. The molecule has 0 saturated carbocycles. The fourth-order valence-corrected chi connectivity index (χ4v) is 4.28. The lowest BCUT2D eigenvalue weighted by Gasteiger charge is -2.13. The number of carbonyl (C=O) groups excluding carboxylic acids is 1. The lowest BCUT2D eigenvalue weighted by molar-refractivity contribution is -0.119. The summed E-state index contributed by atoms with van der Waals surface area (Å²) in [6.45, 7) is 3.85. The SMILES string of the molecule is C=CC(=CC(=O)COCc1ccccc1)c1ccc(-c2ccc(OS(C)(=O)=O)cc2)cc1OS(C)(=O)=O. The number of ether oxygens (including phenoxy) is 1. The van der Waals surface area contributed by atoms with E-state index in [1.165, 1.54) is 30.4 Å². The second-order valence-electron chi connectivity index (χ2n) is 8.06. The molecule has 3 aromatic carbocycles. The molecular weight excluding hydrogens is 516 g/mol. The van der Waals surface area contributed by atoms with Crippen molar-refractivity contribution >= 4 is 31.6 Å². The molecule has 0 atom stereocenters. The maximum atomic E-state index is 12.5. The zero-order valence-corrected chi connectivity index (χ0v) is 21.9. The molecule has 0 bridgehead atoms. The van der Waals surface area contributed by atoms with Crippen LogP contribution in [0.5, 0.6) is 11.5 Å². The Balaban J connectivity index is 1.86. The molecule has 0 aliphatic carbocycles. The van der Waals surface area contributed by atoms with Gasteiger partial charge in [-0.25, -0.2) is 0 Å². The van der Waals surface area contributed by atoms with E-state index in [1.54, 1.807) is 24.3 Å². The summed E-state index contributed by atoms with van der Waals surface area (Å²) in [4.78, 5) is 12.5. The van der Waals surface area contributed by atoms with Gasteiger partial charge in [-0.2, -0.15) is 16.8 Å². The van der Waals surface area contributed by atoms with Crippen molar-refractivity contribution in [3.8, 4) is 22.6 Å². The molecule has 8 nitrogen and oxygen atoms in total. The number of ketones is 1. The lowest BCUT2D eigenvalue weighted by atomic mass is 9.98. The molecular formula is C27H26O8S2. The van der Waals surface area contributed by atoms with Crippen LogP contribution in [0.25, 0.3) is 16.7 Å². The Kier molecular flexibility index (Phi) is 9.04. The van der Waals surface area contributed by atoms with Crippen molar-refractivity contribution in [2.24, 2.45) is 0 Å². The molecule has 0 fully saturated rings. The predicted molar refractivity (Wildman–Crippen MR) is 142 cm³/mol. The second kappa shape index (κ2) is 12.0. The van der Waals surface area contributed by atoms with Gasteiger partial charge < -0.3 is 13.1 Å². The van der Waals surface area contributed by atoms with Crippen LogP contribution < -0.4 is 8.37 Å². The maximum absolute atomic E-state index is 12.5. The van der Waals surface area contributed by atoms with E-state index < -0.39 is 20.2 Å². The molecule has 3 rings (SSSR count). The van der Waals surface area contributed by atoms with E-state index in [2.05, 4.69) is 6.58 Å². The van der Waals surface area contributed by atoms with Crippen molar-refractivity contribution in [1.82, 2.24) is 0 Å². The number of rotatable bonds is 12. The van der Waals surface area contributed by atoms with Crippen LogP contribution in [0.3, 0.4) is 0 Å². The first-order valence-electron chi connectivity index (χ1n) is 11.0. The molecule has 0 saturated heterocycles. The van der Waals surface area contributed by atoms with Gasteiger partial charge in [0.15, 0.2) is 11.5 Å². The summed E-state index contributed by atoms with van der Waals surface area (Å²) in [5.41, 5.74) is 2.88. The highest BCUT2D eigenvalue weighted by Gasteiger charge is 2.15. The van der Waals surface area contributed by atoms with Gasteiger partial charge in [0, 0.05) is 5.56 Å². The molecule has 0 radical (unpaired) electrons. The van der Waals surface area contributed by atoms with Crippen LogP contribution in [0, 0.1) is 0 Å². The van der Waals surface area contributed by atoms with E-state index in [1.807, 2.05) is 30.3 Å². The summed E-state index contributed by atoms with van der Waals surface area (Å²) in [7, 11) is -7.57. The van der Waals surface area contributed by atoms with E-state index in [-0.39, 0.29) is 30.5 Å². The third-order valence-corrected chi connectivity index (χ3v) is 5.84. The van der Waals surface area contributed by atoms with E-state index >= 15 is 0 Å². The Hall–Kier alpha value is -3.73. The van der Waals surface area contributed by atoms with Crippen molar-refractivity contribution in [3.05, 3.63) is 103 Å². The summed E-state index contributed by atoms with van der Waals surface area (Å²) in [6.07, 6.45) is 4.61. The van der Waals surface area contributed by atoms with Gasteiger partial charge in [0.05, 0.1) is 19.1 Å². The molecule has 0 aromatic heterocycles. The van der Waals surface area contributed by atoms with Crippen molar-refractivity contribution in [2.75, 3.05) is 19.1 Å². The van der Waals surface area contributed by atoms with Gasteiger partial charge in [-0.05, 0) is 52.6 Å². The zero-order chi connectivity index (χ0) is 27.1. The summed E-state index contributed by atoms with van der Waals surface area (Å²) in [5, 5.41) is 0. The monoisotopic (exact) mass is 542 g/mol. The molecule has 3 aromatic rings. The normalized spacial score (nSPS) is 12.1. The summed E-state index contributed by atoms with van der Waals surface area (Å²) < 4.78 is 62.1. The van der Waals surface area contributed by atoms with Gasteiger partial charge in [-0.15, -0.1) is 0 Å². The summed E-state index contributed by atoms with van der Waals surface area (Å²) >= 11 is 0. The minimum absolute atomic E-state index is 0.000571. The predicted octanol–water partition coefficient (Wildman–Crippen LogP) is 4.39. The van der Waals surface area contributed by atoms with Gasteiger partial charge in [-0.3, -0.25) is 4.79 Å². The van der Waals surface area contributed by atoms with E-state index in [0.29, 0.717) is 22.3 Å². The van der Waals surface area contributed by atoms with Gasteiger partial charge in [0.25, 0.3) is 0 Å². The standard InChI is InChI=1S/C27H26O8S2/c1-4-21(16-24(28)19-33-18-20-8-6-5-7-9-20)26-15-12-23(17-27(26)35-37(3,31)32)22-10-13-25(14-11-22)34-36(2,29)30/h4-17H,1,18-19H2,2-3H3. The van der Waals surface area contributed by atoms with Gasteiger partial charge >= 0.3 is 20.2 Å². The molecule has 0 amide bonds. The van der Waals surface area contributed by atoms with Crippen LogP contribution in [0.1, 0.15) is 11.1 Å². The van der Waals surface area contributed by atoms with Crippen LogP contribution in [0.4, 0.5) is 0 Å². The first-order chi connectivity index (χ1) is 17.4. The maximum Gasteiger partial charge on any atom is 0.306 e. The lowest BCUT2D eigenvalue weighted by Crippen LogP contribution is -2.09. The zero-order valence-electron chi connectivity index (χ0n) is 20.3. The Labute approximate surface area is 217 Å². The van der Waals surface area contributed by atoms with Crippen molar-refractivity contribution in [2.45, 2.75) is 6.61 Å². The summed E-state index contributed by atoms with van der Waals surface area (Å²) in [6, 6.07) is 20.4. The van der Waals surface area contributed by atoms with E-state index in [4.69, 9.17) is 13.1 Å². The topological polar surface area (TPSA) is 113 Å². The van der Waals surface area contributed by atoms with Crippen LogP contribution in [0.15, 0.2) is 91.5 Å². The first kappa shape index (κ1) is 27.9. The van der Waals surface area contributed by atoms with E-state index in [0.717, 1.165) is 18.1 Å². The molecule has 10 heteroatoms. The number of benzene rings is 3. The Morgan fingerprint density at radius 2 is 1.46 bits per heavy atom. The van der Waals surface area contributed by atoms with Crippen molar-refractivity contribution in [3.63, 3.8) is 0 Å². The van der Waals surface area contributed by atoms with Crippen LogP contribution in [-0.2, 0) is 36.4 Å². The Morgan fingerprint density at radius 3 is 2.05 bits per heavy atom. The molecule has 0 aliphatic heterocycles. The minimum atomic E-state index is -3.90. The molecule has 194 valence electrons. The number of hydrogen-bond acceptors (Lipinski definition) is 8. The molecule has 0 aliphatic rings. The minimum Gasteiger partial charge on any atom is -0.383 e. The Morgan fingerprint density at radius 1 is 0.838 bits per heavy atom. The highest BCUT2D eigenvalue weighted by atomic mass is 32.2. The number of allylic oxidation sites excluding steroid dienone is 2. The Bertz CT molecular complexity index is 1510. The highest BCUT2D eigenvalue weighted by Crippen LogP contribution is 2.33. The second-order valence-corrected chi connectivity index (χ2v) is 11.2. The van der Waals surface area contributed by atoms with Crippen molar-refractivity contribution < 1.29 is 34.7 Å². The molecule has 0 unspecified atom stereocenters. The third-order valence-electron chi connectivity index (χ3n) is 4.86. The fourth-order valence-electron chi connectivity index (χ4n) is 3.36. The molecule has 0 heterocycles. The van der Waals surface area contributed by atoms with Crippen LogP contribution in [0.2, 0.25) is 0 Å². The average Bonchev–Trinajstić information content (AvgIpc) is 2.82. The molecule has 37 heavy (non-hydrogen) atoms. The van der Waals surface area contributed by atoms with Gasteiger partial charge in [-0.1, -0.05) is 61.2 Å².